The number of rotatable bonds is 6. The average molecular weight is 271 g/mol. The van der Waals surface area contributed by atoms with Crippen LogP contribution in [-0.4, -0.2) is 29.4 Å². The van der Waals surface area contributed by atoms with Crippen molar-refractivity contribution < 1.29 is 14.6 Å². The highest BCUT2D eigenvalue weighted by molar-refractivity contribution is 5.64. The van der Waals surface area contributed by atoms with Crippen LogP contribution in [0.2, 0.25) is 0 Å². The molecule has 0 spiro atoms. The summed E-state index contributed by atoms with van der Waals surface area (Å²) in [5.74, 6) is 1.58. The Morgan fingerprint density at radius 1 is 1.05 bits per heavy atom. The molecule has 1 saturated carbocycles. The van der Waals surface area contributed by atoms with E-state index in [1.165, 1.54) is 0 Å². The number of aromatic nitrogens is 1. The van der Waals surface area contributed by atoms with Gasteiger partial charge in [0.05, 0.1) is 18.9 Å². The van der Waals surface area contributed by atoms with E-state index in [1.54, 1.807) is 12.4 Å². The summed E-state index contributed by atoms with van der Waals surface area (Å²) in [6, 6.07) is 9.92. The molecular formula is C16H17NO3. The maximum absolute atomic E-state index is 8.76. The fourth-order valence-corrected chi connectivity index (χ4v) is 1.92. The molecule has 2 aromatic rings. The minimum absolute atomic E-state index is 0.00255. The quantitative estimate of drug-likeness (QED) is 0.877. The Labute approximate surface area is 118 Å². The van der Waals surface area contributed by atoms with Crippen LogP contribution in [0.3, 0.4) is 0 Å². The first-order valence-corrected chi connectivity index (χ1v) is 6.81. The highest BCUT2D eigenvalue weighted by atomic mass is 16.5. The van der Waals surface area contributed by atoms with Gasteiger partial charge in [-0.1, -0.05) is 12.1 Å². The molecule has 1 aromatic carbocycles. The van der Waals surface area contributed by atoms with Crippen molar-refractivity contribution in [3.05, 3.63) is 42.7 Å². The zero-order valence-corrected chi connectivity index (χ0v) is 11.2. The summed E-state index contributed by atoms with van der Waals surface area (Å²) in [6.45, 7) is 0.275. The lowest BCUT2D eigenvalue weighted by atomic mass is 10.1. The number of hydrogen-bond donors (Lipinski definition) is 1. The van der Waals surface area contributed by atoms with Crippen molar-refractivity contribution in [1.29, 1.82) is 0 Å². The average Bonchev–Trinajstić information content (AvgIpc) is 3.30. The Bertz CT molecular complexity index is 564. The molecule has 3 rings (SSSR count). The van der Waals surface area contributed by atoms with Gasteiger partial charge in [-0.3, -0.25) is 4.98 Å². The standard InChI is InChI=1S/C16H17NO3/c18-7-8-19-16-9-13(10-17-11-16)12-1-3-14(4-2-12)20-15-5-6-15/h1-4,9-11,15,18H,5-8H2. The fraction of sp³-hybridized carbons (Fsp3) is 0.312. The number of benzene rings is 1. The van der Waals surface area contributed by atoms with Crippen LogP contribution >= 0.6 is 0 Å². The van der Waals surface area contributed by atoms with E-state index in [1.807, 2.05) is 30.3 Å². The first-order chi connectivity index (χ1) is 9.85. The Morgan fingerprint density at radius 3 is 2.55 bits per heavy atom. The molecule has 104 valence electrons. The predicted octanol–water partition coefficient (Wildman–Crippen LogP) is 2.66. The van der Waals surface area contributed by atoms with Gasteiger partial charge in [-0.05, 0) is 36.6 Å². The van der Waals surface area contributed by atoms with Crippen molar-refractivity contribution in [2.75, 3.05) is 13.2 Å². The summed E-state index contributed by atoms with van der Waals surface area (Å²) in [7, 11) is 0. The second kappa shape index (κ2) is 5.92. The Kier molecular flexibility index (Phi) is 3.83. The first-order valence-electron chi connectivity index (χ1n) is 6.81. The summed E-state index contributed by atoms with van der Waals surface area (Å²) in [6.07, 6.45) is 6.18. The second-order valence-electron chi connectivity index (χ2n) is 4.82. The largest absolute Gasteiger partial charge is 0.490 e. The topological polar surface area (TPSA) is 51.6 Å². The van der Waals surface area contributed by atoms with Crippen LogP contribution in [0.15, 0.2) is 42.7 Å². The molecule has 0 radical (unpaired) electrons. The number of hydrogen-bond acceptors (Lipinski definition) is 4. The minimum Gasteiger partial charge on any atom is -0.490 e. The number of pyridine rings is 1. The van der Waals surface area contributed by atoms with Crippen LogP contribution in [0.5, 0.6) is 11.5 Å². The SMILES string of the molecule is OCCOc1cncc(-c2ccc(OC3CC3)cc2)c1. The van der Waals surface area contributed by atoms with Gasteiger partial charge in [-0.2, -0.15) is 0 Å². The van der Waals surface area contributed by atoms with E-state index in [0.29, 0.717) is 11.9 Å². The van der Waals surface area contributed by atoms with E-state index in [0.717, 1.165) is 29.7 Å². The van der Waals surface area contributed by atoms with E-state index < -0.39 is 0 Å². The molecule has 0 bridgehead atoms. The number of nitrogens with zero attached hydrogens (tertiary/aromatic N) is 1. The maximum Gasteiger partial charge on any atom is 0.138 e. The first kappa shape index (κ1) is 12.9. The number of aliphatic hydroxyl groups excluding tert-OH is 1. The van der Waals surface area contributed by atoms with Crippen molar-refractivity contribution in [1.82, 2.24) is 4.98 Å². The van der Waals surface area contributed by atoms with Crippen LogP contribution in [-0.2, 0) is 0 Å². The molecule has 1 aromatic heterocycles. The van der Waals surface area contributed by atoms with Crippen molar-refractivity contribution in [3.63, 3.8) is 0 Å². The Hall–Kier alpha value is -2.07. The molecular weight excluding hydrogens is 254 g/mol. The molecule has 1 heterocycles. The van der Waals surface area contributed by atoms with Crippen LogP contribution in [0, 0.1) is 0 Å². The molecule has 1 N–H and O–H groups in total. The van der Waals surface area contributed by atoms with E-state index in [-0.39, 0.29) is 13.2 Å². The van der Waals surface area contributed by atoms with Gasteiger partial charge in [-0.25, -0.2) is 0 Å². The van der Waals surface area contributed by atoms with E-state index >= 15 is 0 Å². The fourth-order valence-electron chi connectivity index (χ4n) is 1.92. The summed E-state index contributed by atoms with van der Waals surface area (Å²) < 4.78 is 11.1. The monoisotopic (exact) mass is 271 g/mol. The molecule has 0 aliphatic heterocycles. The molecule has 20 heavy (non-hydrogen) atoms. The van der Waals surface area contributed by atoms with Gasteiger partial charge in [0.2, 0.25) is 0 Å². The number of ether oxygens (including phenoxy) is 2. The van der Waals surface area contributed by atoms with Gasteiger partial charge in [0, 0.05) is 11.8 Å². The van der Waals surface area contributed by atoms with Crippen LogP contribution in [0.4, 0.5) is 0 Å². The molecule has 1 aliphatic carbocycles. The van der Waals surface area contributed by atoms with E-state index in [4.69, 9.17) is 14.6 Å². The van der Waals surface area contributed by atoms with Gasteiger partial charge in [0.1, 0.15) is 18.1 Å². The number of aliphatic hydroxyl groups is 1. The lowest BCUT2D eigenvalue weighted by molar-refractivity contribution is 0.201. The smallest absolute Gasteiger partial charge is 0.138 e. The summed E-state index contributed by atoms with van der Waals surface area (Å²) >= 11 is 0. The lowest BCUT2D eigenvalue weighted by Gasteiger charge is -2.08. The van der Waals surface area contributed by atoms with Gasteiger partial charge < -0.3 is 14.6 Å². The zero-order valence-electron chi connectivity index (χ0n) is 11.2. The van der Waals surface area contributed by atoms with Gasteiger partial charge in [0.25, 0.3) is 0 Å². The summed E-state index contributed by atoms with van der Waals surface area (Å²) in [4.78, 5) is 4.16. The lowest BCUT2D eigenvalue weighted by Crippen LogP contribution is -2.01. The Balaban J connectivity index is 1.73. The van der Waals surface area contributed by atoms with Gasteiger partial charge in [0.15, 0.2) is 0 Å². The minimum atomic E-state index is -0.00255. The molecule has 1 fully saturated rings. The van der Waals surface area contributed by atoms with Crippen molar-refractivity contribution in [2.45, 2.75) is 18.9 Å². The molecule has 4 nitrogen and oxygen atoms in total. The van der Waals surface area contributed by atoms with Crippen molar-refractivity contribution in [3.8, 4) is 22.6 Å². The Morgan fingerprint density at radius 2 is 1.85 bits per heavy atom. The second-order valence-corrected chi connectivity index (χ2v) is 4.82. The zero-order chi connectivity index (χ0) is 13.8. The molecule has 4 heteroatoms. The summed E-state index contributed by atoms with van der Waals surface area (Å²) in [5, 5.41) is 8.76. The van der Waals surface area contributed by atoms with E-state index in [9.17, 15) is 0 Å². The molecule has 0 atom stereocenters. The van der Waals surface area contributed by atoms with Gasteiger partial charge >= 0.3 is 0 Å². The predicted molar refractivity (Wildman–Crippen MR) is 75.9 cm³/mol. The third kappa shape index (κ3) is 3.27. The van der Waals surface area contributed by atoms with Crippen molar-refractivity contribution >= 4 is 0 Å². The molecule has 0 amide bonds. The molecule has 0 unspecified atom stereocenters. The summed E-state index contributed by atoms with van der Waals surface area (Å²) in [5.41, 5.74) is 2.05. The normalized spacial score (nSPS) is 14.1. The van der Waals surface area contributed by atoms with Crippen LogP contribution < -0.4 is 9.47 Å². The van der Waals surface area contributed by atoms with Gasteiger partial charge in [-0.15, -0.1) is 0 Å². The molecule has 0 saturated heterocycles. The molecule has 1 aliphatic rings. The third-order valence-electron chi connectivity index (χ3n) is 3.09. The van der Waals surface area contributed by atoms with Crippen LogP contribution in [0.1, 0.15) is 12.8 Å². The van der Waals surface area contributed by atoms with Crippen molar-refractivity contribution in [2.24, 2.45) is 0 Å². The maximum atomic E-state index is 8.76. The van der Waals surface area contributed by atoms with E-state index in [2.05, 4.69) is 4.98 Å². The van der Waals surface area contributed by atoms with Crippen LogP contribution in [0.25, 0.3) is 11.1 Å². The third-order valence-corrected chi connectivity index (χ3v) is 3.09. The highest BCUT2D eigenvalue weighted by Gasteiger charge is 2.23. The highest BCUT2D eigenvalue weighted by Crippen LogP contribution is 2.29.